The molecule has 0 radical (unpaired) electrons. The van der Waals surface area contributed by atoms with Gasteiger partial charge in [0.25, 0.3) is 5.91 Å². The molecule has 3 heterocycles. The van der Waals surface area contributed by atoms with Crippen LogP contribution in [0.5, 0.6) is 5.88 Å². The molecule has 1 aromatic carbocycles. The third kappa shape index (κ3) is 2.15. The Bertz CT molecular complexity index is 879. The third-order valence-electron chi connectivity index (χ3n) is 4.36. The van der Waals surface area contributed by atoms with Crippen molar-refractivity contribution >= 4 is 11.6 Å². The number of amides is 1. The van der Waals surface area contributed by atoms with Crippen molar-refractivity contribution in [3.63, 3.8) is 0 Å². The Hall–Kier alpha value is -3.14. The normalized spacial score (nSPS) is 21.8. The maximum absolute atomic E-state index is 13.4. The van der Waals surface area contributed by atoms with E-state index in [9.17, 15) is 9.18 Å². The molecule has 6 nitrogen and oxygen atoms in total. The number of anilines is 1. The van der Waals surface area contributed by atoms with Gasteiger partial charge < -0.3 is 10.1 Å². The lowest BCUT2D eigenvalue weighted by atomic mass is 10.00. The van der Waals surface area contributed by atoms with Gasteiger partial charge >= 0.3 is 0 Å². The maximum Gasteiger partial charge on any atom is 0.281 e. The highest BCUT2D eigenvalue weighted by atomic mass is 19.1. The predicted molar refractivity (Wildman–Crippen MR) is 83.4 cm³/mol. The first-order valence-corrected chi connectivity index (χ1v) is 7.52. The molecule has 1 fully saturated rings. The lowest BCUT2D eigenvalue weighted by molar-refractivity contribution is -0.138. The molecular formula is C17H13FN4O2. The minimum Gasteiger partial charge on any atom is -0.457 e. The molecule has 1 aromatic heterocycles. The average molecular weight is 324 g/mol. The van der Waals surface area contributed by atoms with Crippen molar-refractivity contribution in [3.05, 3.63) is 42.3 Å². The van der Waals surface area contributed by atoms with E-state index in [4.69, 9.17) is 10.00 Å². The summed E-state index contributed by atoms with van der Waals surface area (Å²) in [6, 6.07) is 8.05. The Kier molecular flexibility index (Phi) is 3.13. The molecule has 1 amide bonds. The third-order valence-corrected chi connectivity index (χ3v) is 4.36. The van der Waals surface area contributed by atoms with Crippen molar-refractivity contribution in [3.8, 4) is 23.2 Å². The van der Waals surface area contributed by atoms with E-state index in [0.29, 0.717) is 30.1 Å². The van der Waals surface area contributed by atoms with Crippen LogP contribution in [0.25, 0.3) is 11.1 Å². The molecule has 1 saturated heterocycles. The molecule has 7 heteroatoms. The number of likely N-dealkylation sites (tertiary alicyclic amines) is 1. The molecule has 24 heavy (non-hydrogen) atoms. The largest absolute Gasteiger partial charge is 0.457 e. The predicted octanol–water partition coefficient (Wildman–Crippen LogP) is 2.14. The second kappa shape index (κ2) is 5.20. The number of pyridine rings is 1. The van der Waals surface area contributed by atoms with E-state index in [2.05, 4.69) is 10.3 Å². The van der Waals surface area contributed by atoms with Crippen molar-refractivity contribution < 1.29 is 13.9 Å². The first kappa shape index (κ1) is 14.5. The summed E-state index contributed by atoms with van der Waals surface area (Å²) in [6.45, 7) is 0.610. The summed E-state index contributed by atoms with van der Waals surface area (Å²) < 4.78 is 19.2. The van der Waals surface area contributed by atoms with Crippen LogP contribution in [0.3, 0.4) is 0 Å². The second-order valence-electron chi connectivity index (χ2n) is 5.84. The molecule has 2 aliphatic rings. The van der Waals surface area contributed by atoms with Crippen LogP contribution >= 0.6 is 0 Å². The molecule has 0 bridgehead atoms. The molecule has 2 aliphatic heterocycles. The van der Waals surface area contributed by atoms with Gasteiger partial charge in [0.05, 0.1) is 12.2 Å². The fourth-order valence-corrected chi connectivity index (χ4v) is 3.05. The van der Waals surface area contributed by atoms with Gasteiger partial charge in [-0.25, -0.2) is 14.3 Å². The molecule has 0 saturated carbocycles. The van der Waals surface area contributed by atoms with E-state index in [1.165, 1.54) is 12.1 Å². The van der Waals surface area contributed by atoms with Gasteiger partial charge in [0.15, 0.2) is 6.19 Å². The molecule has 4 rings (SSSR count). The van der Waals surface area contributed by atoms with E-state index in [-0.39, 0.29) is 18.3 Å². The summed E-state index contributed by atoms with van der Waals surface area (Å²) in [5.41, 5.74) is 1.03. The fraction of sp³-hybridized carbons (Fsp3) is 0.235. The quantitative estimate of drug-likeness (QED) is 0.813. The molecule has 1 atom stereocenters. The maximum atomic E-state index is 13.4. The summed E-state index contributed by atoms with van der Waals surface area (Å²) in [5.74, 6) is -0.352. The SMILES string of the molecule is N#CN1CCC2(CNc3cc(-c4cccc(F)c4)cnc3O2)C1=O. The molecule has 1 unspecified atom stereocenters. The summed E-state index contributed by atoms with van der Waals surface area (Å²) in [4.78, 5) is 17.7. The Labute approximate surface area is 137 Å². The topological polar surface area (TPSA) is 78.2 Å². The van der Waals surface area contributed by atoms with Gasteiger partial charge in [-0.15, -0.1) is 0 Å². The van der Waals surface area contributed by atoms with Crippen LogP contribution in [0.15, 0.2) is 36.5 Å². The van der Waals surface area contributed by atoms with E-state index in [1.54, 1.807) is 18.3 Å². The highest BCUT2D eigenvalue weighted by Gasteiger charge is 2.51. The number of nitrogens with zero attached hydrogens (tertiary/aromatic N) is 3. The van der Waals surface area contributed by atoms with Crippen LogP contribution in [0.1, 0.15) is 6.42 Å². The first-order valence-electron chi connectivity index (χ1n) is 7.52. The number of hydrogen-bond acceptors (Lipinski definition) is 5. The van der Waals surface area contributed by atoms with Gasteiger partial charge in [-0.2, -0.15) is 5.26 Å². The highest BCUT2D eigenvalue weighted by molar-refractivity contribution is 5.90. The van der Waals surface area contributed by atoms with E-state index in [1.807, 2.05) is 12.3 Å². The summed E-state index contributed by atoms with van der Waals surface area (Å²) >= 11 is 0. The minimum atomic E-state index is -1.07. The molecule has 0 aliphatic carbocycles. The average Bonchev–Trinajstić information content (AvgIpc) is 2.90. The molecule has 1 N–H and O–H groups in total. The lowest BCUT2D eigenvalue weighted by Gasteiger charge is -2.33. The zero-order valence-corrected chi connectivity index (χ0v) is 12.6. The van der Waals surface area contributed by atoms with E-state index >= 15 is 0 Å². The standard InChI is InChI=1S/C17H13FN4O2/c18-13-3-1-2-11(6-13)12-7-14-15(20-8-12)24-17(9-21-14)4-5-22(10-19)16(17)23/h1-3,6-8,21H,4-5,9H2. The number of nitrogens with one attached hydrogen (secondary N) is 1. The number of carbonyl (C=O) groups is 1. The van der Waals surface area contributed by atoms with Crippen molar-refractivity contribution in [1.82, 2.24) is 9.88 Å². The fourth-order valence-electron chi connectivity index (χ4n) is 3.05. The van der Waals surface area contributed by atoms with Gasteiger partial charge in [0.1, 0.15) is 5.82 Å². The lowest BCUT2D eigenvalue weighted by Crippen LogP contribution is -2.51. The van der Waals surface area contributed by atoms with Gasteiger partial charge in [-0.05, 0) is 23.8 Å². The van der Waals surface area contributed by atoms with Gasteiger partial charge in [0, 0.05) is 24.7 Å². The van der Waals surface area contributed by atoms with Crippen LogP contribution < -0.4 is 10.1 Å². The van der Waals surface area contributed by atoms with Crippen LogP contribution in [0.2, 0.25) is 0 Å². The van der Waals surface area contributed by atoms with Crippen molar-refractivity contribution in [2.45, 2.75) is 12.0 Å². The van der Waals surface area contributed by atoms with Crippen LogP contribution in [-0.4, -0.2) is 34.5 Å². The number of aromatic nitrogens is 1. The Morgan fingerprint density at radius 1 is 1.38 bits per heavy atom. The Balaban J connectivity index is 1.65. The zero-order valence-electron chi connectivity index (χ0n) is 12.6. The monoisotopic (exact) mass is 324 g/mol. The van der Waals surface area contributed by atoms with E-state index < -0.39 is 5.60 Å². The Morgan fingerprint density at radius 3 is 3.00 bits per heavy atom. The van der Waals surface area contributed by atoms with Crippen LogP contribution in [-0.2, 0) is 4.79 Å². The summed E-state index contributed by atoms with van der Waals surface area (Å²) in [5, 5.41) is 12.1. The number of fused-ring (bicyclic) bond motifs is 1. The smallest absolute Gasteiger partial charge is 0.281 e. The first-order chi connectivity index (χ1) is 11.6. The number of hydrogen-bond donors (Lipinski definition) is 1. The Morgan fingerprint density at radius 2 is 2.25 bits per heavy atom. The number of benzene rings is 1. The molecular weight excluding hydrogens is 311 g/mol. The van der Waals surface area contributed by atoms with Gasteiger partial charge in [-0.3, -0.25) is 4.79 Å². The van der Waals surface area contributed by atoms with Gasteiger partial charge in [0.2, 0.25) is 11.5 Å². The van der Waals surface area contributed by atoms with Crippen LogP contribution in [0, 0.1) is 17.3 Å². The van der Waals surface area contributed by atoms with Crippen molar-refractivity contribution in [2.24, 2.45) is 0 Å². The number of nitriles is 1. The number of carbonyl (C=O) groups excluding carboxylic acids is 1. The number of ether oxygens (including phenoxy) is 1. The summed E-state index contributed by atoms with van der Waals surface area (Å²) in [6.07, 6.45) is 3.87. The molecule has 120 valence electrons. The number of rotatable bonds is 1. The summed E-state index contributed by atoms with van der Waals surface area (Å²) in [7, 11) is 0. The molecule has 1 spiro atoms. The minimum absolute atomic E-state index is 0.269. The molecule has 2 aromatic rings. The zero-order chi connectivity index (χ0) is 16.7. The second-order valence-corrected chi connectivity index (χ2v) is 5.84. The van der Waals surface area contributed by atoms with Crippen molar-refractivity contribution in [2.75, 3.05) is 18.4 Å². The van der Waals surface area contributed by atoms with E-state index in [0.717, 1.165) is 10.5 Å². The number of halogens is 1. The van der Waals surface area contributed by atoms with Crippen molar-refractivity contribution in [1.29, 1.82) is 5.26 Å². The van der Waals surface area contributed by atoms with Gasteiger partial charge in [-0.1, -0.05) is 12.1 Å². The van der Waals surface area contributed by atoms with Crippen LogP contribution in [0.4, 0.5) is 10.1 Å². The highest BCUT2D eigenvalue weighted by Crippen LogP contribution is 2.38.